The van der Waals surface area contributed by atoms with Crippen molar-refractivity contribution in [2.24, 2.45) is 0 Å². The van der Waals surface area contributed by atoms with Crippen LogP contribution in [0.15, 0.2) is 29.6 Å². The van der Waals surface area contributed by atoms with Gasteiger partial charge in [0.15, 0.2) is 5.69 Å². The summed E-state index contributed by atoms with van der Waals surface area (Å²) in [5.41, 5.74) is 0.899. The van der Waals surface area contributed by atoms with Crippen LogP contribution in [0, 0.1) is 0 Å². The normalized spacial score (nSPS) is 10.7. The number of alkyl halides is 2. The maximum Gasteiger partial charge on any atom is 0.357 e. The Morgan fingerprint density at radius 3 is 2.63 bits per heavy atom. The van der Waals surface area contributed by atoms with Gasteiger partial charge in [-0.3, -0.25) is 0 Å². The van der Waals surface area contributed by atoms with Gasteiger partial charge in [0.2, 0.25) is 0 Å². The molecule has 0 saturated heterocycles. The number of carbonyl (C=O) groups excluding carboxylic acids is 1. The first-order chi connectivity index (χ1) is 9.11. The molecular weight excluding hydrogens is 272 g/mol. The molecule has 1 aromatic carbocycles. The van der Waals surface area contributed by atoms with Crippen molar-refractivity contribution < 1.29 is 18.3 Å². The van der Waals surface area contributed by atoms with Gasteiger partial charge in [0.1, 0.15) is 5.01 Å². The molecule has 1 heterocycles. The summed E-state index contributed by atoms with van der Waals surface area (Å²) in [7, 11) is 0. The van der Waals surface area contributed by atoms with Crippen LogP contribution in [0.4, 0.5) is 8.78 Å². The quantitative estimate of drug-likeness (QED) is 0.798. The number of aromatic nitrogens is 1. The lowest BCUT2D eigenvalue weighted by molar-refractivity contribution is 0.0520. The predicted octanol–water partition coefficient (Wildman–Crippen LogP) is 3.92. The molecule has 2 rings (SSSR count). The fourth-order valence-electron chi connectivity index (χ4n) is 1.48. The molecule has 2 aromatic rings. The number of hydrogen-bond donors (Lipinski definition) is 0. The van der Waals surface area contributed by atoms with Crippen LogP contribution < -0.4 is 0 Å². The Morgan fingerprint density at radius 1 is 1.37 bits per heavy atom. The van der Waals surface area contributed by atoms with Gasteiger partial charge in [-0.25, -0.2) is 18.6 Å². The third-order valence-corrected chi connectivity index (χ3v) is 3.29. The van der Waals surface area contributed by atoms with Gasteiger partial charge in [0.05, 0.1) is 6.61 Å². The summed E-state index contributed by atoms with van der Waals surface area (Å²) in [5.74, 6) is -0.478. The molecule has 0 saturated carbocycles. The van der Waals surface area contributed by atoms with E-state index in [-0.39, 0.29) is 17.9 Å². The maximum atomic E-state index is 12.4. The van der Waals surface area contributed by atoms with Gasteiger partial charge < -0.3 is 4.74 Å². The number of halogens is 2. The molecule has 19 heavy (non-hydrogen) atoms. The van der Waals surface area contributed by atoms with Gasteiger partial charge in [0, 0.05) is 16.5 Å². The number of carbonyl (C=O) groups is 1. The monoisotopic (exact) mass is 283 g/mol. The molecule has 6 heteroatoms. The van der Waals surface area contributed by atoms with E-state index < -0.39 is 12.4 Å². The average Bonchev–Trinajstić information content (AvgIpc) is 2.89. The second kappa shape index (κ2) is 5.88. The van der Waals surface area contributed by atoms with E-state index in [1.807, 2.05) is 0 Å². The first-order valence-corrected chi connectivity index (χ1v) is 6.51. The number of ether oxygens (including phenoxy) is 1. The zero-order valence-electron chi connectivity index (χ0n) is 10.1. The van der Waals surface area contributed by atoms with E-state index in [1.165, 1.54) is 23.5 Å². The highest BCUT2D eigenvalue weighted by atomic mass is 32.1. The van der Waals surface area contributed by atoms with Crippen LogP contribution in [0.25, 0.3) is 10.6 Å². The standard InChI is InChI=1S/C13H11F2NO2S/c1-2-18-13(17)10-7-19-12(16-10)9-5-3-8(4-6-9)11(14)15/h3-7,11H,2H2,1H3. The van der Waals surface area contributed by atoms with Crippen LogP contribution in [0.1, 0.15) is 29.4 Å². The van der Waals surface area contributed by atoms with Gasteiger partial charge >= 0.3 is 5.97 Å². The van der Waals surface area contributed by atoms with Crippen LogP contribution in [0.2, 0.25) is 0 Å². The lowest BCUT2D eigenvalue weighted by atomic mass is 10.1. The summed E-state index contributed by atoms with van der Waals surface area (Å²) in [6.07, 6.45) is -2.49. The van der Waals surface area contributed by atoms with Gasteiger partial charge in [-0.1, -0.05) is 24.3 Å². The van der Waals surface area contributed by atoms with Gasteiger partial charge in [-0.15, -0.1) is 11.3 Å². The molecule has 0 N–H and O–H groups in total. The molecule has 0 bridgehead atoms. The second-order valence-electron chi connectivity index (χ2n) is 3.68. The lowest BCUT2D eigenvalue weighted by Crippen LogP contribution is -2.04. The highest BCUT2D eigenvalue weighted by molar-refractivity contribution is 7.13. The molecule has 0 unspecified atom stereocenters. The molecule has 0 radical (unpaired) electrons. The van der Waals surface area contributed by atoms with Crippen molar-refractivity contribution in [3.8, 4) is 10.6 Å². The molecule has 1 aromatic heterocycles. The number of esters is 1. The Hall–Kier alpha value is -1.82. The number of nitrogens with zero attached hydrogens (tertiary/aromatic N) is 1. The Bertz CT molecular complexity index is 566. The fourth-order valence-corrected chi connectivity index (χ4v) is 2.27. The fraction of sp³-hybridized carbons (Fsp3) is 0.231. The Kier molecular flexibility index (Phi) is 4.21. The van der Waals surface area contributed by atoms with Crippen molar-refractivity contribution >= 4 is 17.3 Å². The van der Waals surface area contributed by atoms with Crippen LogP contribution in [-0.2, 0) is 4.74 Å². The van der Waals surface area contributed by atoms with Crippen molar-refractivity contribution in [3.05, 3.63) is 40.9 Å². The average molecular weight is 283 g/mol. The maximum absolute atomic E-state index is 12.4. The summed E-state index contributed by atoms with van der Waals surface area (Å²) < 4.78 is 29.7. The highest BCUT2D eigenvalue weighted by Crippen LogP contribution is 2.26. The zero-order chi connectivity index (χ0) is 13.8. The topological polar surface area (TPSA) is 39.2 Å². The molecule has 0 aliphatic carbocycles. The van der Waals surface area contributed by atoms with E-state index in [2.05, 4.69) is 4.98 Å². The number of rotatable bonds is 4. The first kappa shape index (κ1) is 13.6. The van der Waals surface area contributed by atoms with Crippen molar-refractivity contribution in [1.29, 1.82) is 0 Å². The van der Waals surface area contributed by atoms with Gasteiger partial charge in [-0.05, 0) is 6.92 Å². The van der Waals surface area contributed by atoms with E-state index in [9.17, 15) is 13.6 Å². The summed E-state index contributed by atoms with van der Waals surface area (Å²) in [5, 5.41) is 2.19. The molecule has 0 atom stereocenters. The summed E-state index contributed by atoms with van der Waals surface area (Å²) in [6, 6.07) is 5.83. The van der Waals surface area contributed by atoms with Crippen LogP contribution in [0.5, 0.6) is 0 Å². The van der Waals surface area contributed by atoms with Crippen LogP contribution in [-0.4, -0.2) is 17.6 Å². The van der Waals surface area contributed by atoms with E-state index in [4.69, 9.17) is 4.74 Å². The van der Waals surface area contributed by atoms with Crippen molar-refractivity contribution in [1.82, 2.24) is 4.98 Å². The Labute approximate surface area is 112 Å². The minimum atomic E-state index is -2.49. The van der Waals surface area contributed by atoms with Crippen LogP contribution in [0.3, 0.4) is 0 Å². The predicted molar refractivity (Wildman–Crippen MR) is 68.5 cm³/mol. The molecule has 0 spiro atoms. The summed E-state index contributed by atoms with van der Waals surface area (Å²) in [6.45, 7) is 2.00. The number of hydrogen-bond acceptors (Lipinski definition) is 4. The molecular formula is C13H11F2NO2S. The number of thiazole rings is 1. The van der Waals surface area contributed by atoms with Gasteiger partial charge in [-0.2, -0.15) is 0 Å². The third kappa shape index (κ3) is 3.14. The van der Waals surface area contributed by atoms with Crippen molar-refractivity contribution in [2.45, 2.75) is 13.3 Å². The second-order valence-corrected chi connectivity index (χ2v) is 4.54. The Morgan fingerprint density at radius 2 is 2.05 bits per heavy atom. The lowest BCUT2D eigenvalue weighted by Gasteiger charge is -2.00. The van der Waals surface area contributed by atoms with Crippen LogP contribution >= 0.6 is 11.3 Å². The van der Waals surface area contributed by atoms with E-state index >= 15 is 0 Å². The van der Waals surface area contributed by atoms with E-state index in [1.54, 1.807) is 24.4 Å². The zero-order valence-corrected chi connectivity index (χ0v) is 10.9. The highest BCUT2D eigenvalue weighted by Gasteiger charge is 2.13. The largest absolute Gasteiger partial charge is 0.461 e. The molecule has 3 nitrogen and oxygen atoms in total. The first-order valence-electron chi connectivity index (χ1n) is 5.63. The minimum Gasteiger partial charge on any atom is -0.461 e. The van der Waals surface area contributed by atoms with E-state index in [0.29, 0.717) is 10.6 Å². The SMILES string of the molecule is CCOC(=O)c1csc(-c2ccc(C(F)F)cc2)n1. The summed E-state index contributed by atoms with van der Waals surface area (Å²) >= 11 is 1.27. The molecule has 0 aliphatic rings. The smallest absolute Gasteiger partial charge is 0.357 e. The van der Waals surface area contributed by atoms with Crippen molar-refractivity contribution in [2.75, 3.05) is 6.61 Å². The third-order valence-electron chi connectivity index (χ3n) is 2.40. The minimum absolute atomic E-state index is 0.0362. The van der Waals surface area contributed by atoms with Crippen molar-refractivity contribution in [3.63, 3.8) is 0 Å². The number of benzene rings is 1. The molecule has 0 amide bonds. The summed E-state index contributed by atoms with van der Waals surface area (Å²) in [4.78, 5) is 15.6. The molecule has 100 valence electrons. The van der Waals surface area contributed by atoms with E-state index in [0.717, 1.165) is 0 Å². The molecule has 0 fully saturated rings. The Balaban J connectivity index is 2.20. The van der Waals surface area contributed by atoms with Gasteiger partial charge in [0.25, 0.3) is 6.43 Å². The molecule has 0 aliphatic heterocycles.